The van der Waals surface area contributed by atoms with Crippen LogP contribution in [-0.4, -0.2) is 25.7 Å². The van der Waals surface area contributed by atoms with Gasteiger partial charge in [0.15, 0.2) is 0 Å². The minimum Gasteiger partial charge on any atom is -0.350 e. The highest BCUT2D eigenvalue weighted by Gasteiger charge is 2.36. The minimum atomic E-state index is -4.58. The van der Waals surface area contributed by atoms with Gasteiger partial charge in [-0.3, -0.25) is 14.8 Å². The second kappa shape index (κ2) is 8.87. The molecule has 0 spiro atoms. The number of alkyl halides is 3. The smallest absolute Gasteiger partial charge is 0.350 e. The summed E-state index contributed by atoms with van der Waals surface area (Å²) in [6.07, 6.45) is 4.85. The summed E-state index contributed by atoms with van der Waals surface area (Å²) in [5.74, 6) is 0.0514. The second-order valence-electron chi connectivity index (χ2n) is 7.63. The van der Waals surface area contributed by atoms with Gasteiger partial charge < -0.3 is 5.32 Å². The normalized spacial score (nSPS) is 15.1. The predicted octanol–water partition coefficient (Wildman–Crippen LogP) is 4.54. The van der Waals surface area contributed by atoms with Crippen LogP contribution in [-0.2, 0) is 17.5 Å². The van der Waals surface area contributed by atoms with Gasteiger partial charge in [-0.05, 0) is 43.2 Å². The van der Waals surface area contributed by atoms with E-state index in [2.05, 4.69) is 20.4 Å². The molecular weight excluding hydrogens is 407 g/mol. The van der Waals surface area contributed by atoms with Crippen molar-refractivity contribution >= 4 is 5.91 Å². The SMILES string of the molecule is O=C(NCc1ccc(-n2nc(-c3cccnc3)cc2C(F)(F)F)cn1)C1CCCCC1. The second-order valence-corrected chi connectivity index (χ2v) is 7.63. The molecule has 3 heterocycles. The molecule has 6 nitrogen and oxygen atoms in total. The third-order valence-corrected chi connectivity index (χ3v) is 5.43. The van der Waals surface area contributed by atoms with Gasteiger partial charge in [-0.2, -0.15) is 18.3 Å². The Hall–Kier alpha value is -3.23. The van der Waals surface area contributed by atoms with Crippen molar-refractivity contribution < 1.29 is 18.0 Å². The van der Waals surface area contributed by atoms with Gasteiger partial charge in [-0.25, -0.2) is 4.68 Å². The van der Waals surface area contributed by atoms with E-state index in [0.29, 0.717) is 11.3 Å². The fourth-order valence-corrected chi connectivity index (χ4v) is 3.77. The van der Waals surface area contributed by atoms with Crippen molar-refractivity contribution in [3.63, 3.8) is 0 Å². The van der Waals surface area contributed by atoms with Gasteiger partial charge >= 0.3 is 6.18 Å². The Labute approximate surface area is 177 Å². The highest BCUT2D eigenvalue weighted by molar-refractivity contribution is 5.78. The molecule has 1 fully saturated rings. The summed E-state index contributed by atoms with van der Waals surface area (Å²) < 4.78 is 41.6. The fourth-order valence-electron chi connectivity index (χ4n) is 3.77. The van der Waals surface area contributed by atoms with Crippen molar-refractivity contribution in [2.75, 3.05) is 0 Å². The van der Waals surface area contributed by atoms with Gasteiger partial charge in [-0.15, -0.1) is 0 Å². The molecule has 3 aromatic heterocycles. The van der Waals surface area contributed by atoms with Crippen LogP contribution < -0.4 is 5.32 Å². The van der Waals surface area contributed by atoms with E-state index in [-0.39, 0.29) is 29.8 Å². The van der Waals surface area contributed by atoms with Gasteiger partial charge in [0.05, 0.1) is 29.8 Å². The molecule has 1 amide bonds. The Kier molecular flexibility index (Phi) is 6.01. The van der Waals surface area contributed by atoms with E-state index in [1.807, 2.05) is 0 Å². The first-order chi connectivity index (χ1) is 14.9. The van der Waals surface area contributed by atoms with Crippen LogP contribution >= 0.6 is 0 Å². The molecule has 1 aliphatic rings. The van der Waals surface area contributed by atoms with Crippen molar-refractivity contribution in [1.29, 1.82) is 0 Å². The van der Waals surface area contributed by atoms with E-state index in [0.717, 1.165) is 36.4 Å². The number of carbonyl (C=O) groups excluding carboxylic acids is 1. The molecule has 0 aromatic carbocycles. The molecule has 1 saturated carbocycles. The molecule has 0 saturated heterocycles. The maximum absolute atomic E-state index is 13.6. The van der Waals surface area contributed by atoms with Gasteiger partial charge in [0.1, 0.15) is 5.69 Å². The number of amides is 1. The zero-order chi connectivity index (χ0) is 21.8. The van der Waals surface area contributed by atoms with Crippen LogP contribution in [0, 0.1) is 5.92 Å². The van der Waals surface area contributed by atoms with E-state index in [4.69, 9.17) is 0 Å². The van der Waals surface area contributed by atoms with Crippen LogP contribution in [0.2, 0.25) is 0 Å². The monoisotopic (exact) mass is 429 g/mol. The summed E-state index contributed by atoms with van der Waals surface area (Å²) in [5.41, 5.74) is 0.517. The van der Waals surface area contributed by atoms with Crippen molar-refractivity contribution in [2.24, 2.45) is 5.92 Å². The topological polar surface area (TPSA) is 72.7 Å². The lowest BCUT2D eigenvalue weighted by atomic mass is 9.89. The largest absolute Gasteiger partial charge is 0.433 e. The van der Waals surface area contributed by atoms with Crippen LogP contribution in [0.5, 0.6) is 0 Å². The van der Waals surface area contributed by atoms with E-state index in [1.54, 1.807) is 24.4 Å². The van der Waals surface area contributed by atoms with Crippen molar-refractivity contribution in [1.82, 2.24) is 25.1 Å². The van der Waals surface area contributed by atoms with Crippen LogP contribution in [0.3, 0.4) is 0 Å². The zero-order valence-electron chi connectivity index (χ0n) is 16.8. The summed E-state index contributed by atoms with van der Waals surface area (Å²) in [7, 11) is 0. The molecule has 9 heteroatoms. The van der Waals surface area contributed by atoms with Crippen molar-refractivity contribution in [3.05, 3.63) is 60.3 Å². The number of hydrogen-bond donors (Lipinski definition) is 1. The Bertz CT molecular complexity index is 1030. The molecule has 0 aliphatic heterocycles. The van der Waals surface area contributed by atoms with Gasteiger partial charge in [0.2, 0.25) is 5.91 Å². The molecule has 1 N–H and O–H groups in total. The number of pyridine rings is 2. The van der Waals surface area contributed by atoms with Gasteiger partial charge in [0.25, 0.3) is 0 Å². The lowest BCUT2D eigenvalue weighted by Crippen LogP contribution is -2.31. The Morgan fingerprint density at radius 1 is 1.13 bits per heavy atom. The Balaban J connectivity index is 1.51. The van der Waals surface area contributed by atoms with Gasteiger partial charge in [-0.1, -0.05) is 19.3 Å². The number of rotatable bonds is 5. The number of halogens is 3. The number of nitrogens with zero attached hydrogens (tertiary/aromatic N) is 4. The molecule has 162 valence electrons. The molecule has 1 aliphatic carbocycles. The van der Waals surface area contributed by atoms with Crippen molar-refractivity contribution in [2.45, 2.75) is 44.8 Å². The number of carbonyl (C=O) groups is 1. The quantitative estimate of drug-likeness (QED) is 0.646. The summed E-state index contributed by atoms with van der Waals surface area (Å²) in [6, 6.07) is 7.40. The van der Waals surface area contributed by atoms with Gasteiger partial charge in [0, 0.05) is 23.9 Å². The molecule has 0 bridgehead atoms. The highest BCUT2D eigenvalue weighted by Crippen LogP contribution is 2.33. The van der Waals surface area contributed by atoms with E-state index in [1.165, 1.54) is 24.9 Å². The first-order valence-corrected chi connectivity index (χ1v) is 10.2. The number of aromatic nitrogens is 4. The van der Waals surface area contributed by atoms with Crippen molar-refractivity contribution in [3.8, 4) is 16.9 Å². The average Bonchev–Trinajstić information content (AvgIpc) is 3.25. The predicted molar refractivity (Wildman–Crippen MR) is 108 cm³/mol. The third-order valence-electron chi connectivity index (χ3n) is 5.43. The zero-order valence-corrected chi connectivity index (χ0v) is 16.8. The molecule has 0 radical (unpaired) electrons. The maximum atomic E-state index is 13.6. The Morgan fingerprint density at radius 3 is 2.58 bits per heavy atom. The number of nitrogens with one attached hydrogen (secondary N) is 1. The standard InChI is InChI=1S/C22H22F3N5O/c23-22(24,25)20-11-19(16-7-4-10-26-12-16)29-30(20)18-9-8-17(27-14-18)13-28-21(31)15-5-2-1-3-6-15/h4,7-12,14-15H,1-3,5-6,13H2,(H,28,31). The molecule has 31 heavy (non-hydrogen) atoms. The first-order valence-electron chi connectivity index (χ1n) is 10.2. The molecule has 3 aromatic rings. The molecular formula is C22H22F3N5O. The fraction of sp³-hybridized carbons (Fsp3) is 0.364. The minimum absolute atomic E-state index is 0.0122. The van der Waals surface area contributed by atoms with E-state index in [9.17, 15) is 18.0 Å². The third kappa shape index (κ3) is 4.92. The Morgan fingerprint density at radius 2 is 1.94 bits per heavy atom. The van der Waals surface area contributed by atoms with Crippen LogP contribution in [0.1, 0.15) is 43.5 Å². The lowest BCUT2D eigenvalue weighted by molar-refractivity contribution is -0.142. The summed E-state index contributed by atoms with van der Waals surface area (Å²) >= 11 is 0. The average molecular weight is 429 g/mol. The molecule has 0 atom stereocenters. The summed E-state index contributed by atoms with van der Waals surface area (Å²) in [4.78, 5) is 20.4. The maximum Gasteiger partial charge on any atom is 0.433 e. The highest BCUT2D eigenvalue weighted by atomic mass is 19.4. The summed E-state index contributed by atoms with van der Waals surface area (Å²) in [5, 5.41) is 7.01. The van der Waals surface area contributed by atoms with Crippen LogP contribution in [0.25, 0.3) is 16.9 Å². The first kappa shape index (κ1) is 21.0. The number of hydrogen-bond acceptors (Lipinski definition) is 4. The van der Waals surface area contributed by atoms with Crippen LogP contribution in [0.4, 0.5) is 13.2 Å². The lowest BCUT2D eigenvalue weighted by Gasteiger charge is -2.20. The summed E-state index contributed by atoms with van der Waals surface area (Å²) in [6.45, 7) is 0.238. The molecule has 4 rings (SSSR count). The van der Waals surface area contributed by atoms with E-state index >= 15 is 0 Å². The molecule has 0 unspecified atom stereocenters. The van der Waals surface area contributed by atoms with Crippen LogP contribution in [0.15, 0.2) is 48.9 Å². The van der Waals surface area contributed by atoms with E-state index < -0.39 is 11.9 Å².